The van der Waals surface area contributed by atoms with Crippen LogP contribution in [0.3, 0.4) is 0 Å². The lowest BCUT2D eigenvalue weighted by Crippen LogP contribution is -2.33. The Morgan fingerprint density at radius 2 is 2.00 bits per heavy atom. The number of carbonyl (C=O) groups excluding carboxylic acids is 1. The van der Waals surface area contributed by atoms with Crippen LogP contribution in [0.2, 0.25) is 0 Å². The van der Waals surface area contributed by atoms with Gasteiger partial charge in [0.25, 0.3) is 5.91 Å². The highest BCUT2D eigenvalue weighted by atomic mass is 19.1. The molecule has 1 amide bonds. The van der Waals surface area contributed by atoms with E-state index in [-0.39, 0.29) is 24.9 Å². The van der Waals surface area contributed by atoms with Crippen LogP contribution in [-0.4, -0.2) is 34.0 Å². The van der Waals surface area contributed by atoms with Crippen molar-refractivity contribution in [3.05, 3.63) is 59.2 Å². The molecule has 0 aliphatic carbocycles. The third kappa shape index (κ3) is 3.24. The Labute approximate surface area is 116 Å². The van der Waals surface area contributed by atoms with Crippen LogP contribution < -0.4 is 0 Å². The summed E-state index contributed by atoms with van der Waals surface area (Å²) < 4.78 is 12.9. The number of aliphatic hydroxyl groups excluding tert-OH is 1. The van der Waals surface area contributed by atoms with Gasteiger partial charge in [0.15, 0.2) is 0 Å². The number of carbonyl (C=O) groups is 1. The third-order valence-electron chi connectivity index (χ3n) is 3.13. The van der Waals surface area contributed by atoms with E-state index >= 15 is 0 Å². The summed E-state index contributed by atoms with van der Waals surface area (Å²) in [5.74, 6) is -0.461. The first-order valence-corrected chi connectivity index (χ1v) is 6.40. The second kappa shape index (κ2) is 6.34. The fourth-order valence-electron chi connectivity index (χ4n) is 2.04. The number of hydrogen-bond acceptors (Lipinski definition) is 2. The molecule has 4 nitrogen and oxygen atoms in total. The topological polar surface area (TPSA) is 56.3 Å². The molecule has 0 aliphatic heterocycles. The summed E-state index contributed by atoms with van der Waals surface area (Å²) in [5.41, 5.74) is 2.19. The van der Waals surface area contributed by atoms with Crippen LogP contribution in [0.5, 0.6) is 0 Å². The fraction of sp³-hybridized carbons (Fsp3) is 0.267. The van der Waals surface area contributed by atoms with E-state index < -0.39 is 0 Å². The van der Waals surface area contributed by atoms with E-state index in [2.05, 4.69) is 4.98 Å². The number of aromatic amines is 1. The van der Waals surface area contributed by atoms with Crippen molar-refractivity contribution in [3.63, 3.8) is 0 Å². The van der Waals surface area contributed by atoms with E-state index in [1.807, 2.05) is 6.92 Å². The number of hydrogen-bond donors (Lipinski definition) is 2. The van der Waals surface area contributed by atoms with Gasteiger partial charge in [-0.2, -0.15) is 0 Å². The minimum atomic E-state index is -0.310. The second-order valence-electron chi connectivity index (χ2n) is 4.59. The van der Waals surface area contributed by atoms with E-state index in [1.54, 1.807) is 29.3 Å². The van der Waals surface area contributed by atoms with Gasteiger partial charge in [-0.25, -0.2) is 4.39 Å². The summed E-state index contributed by atoms with van der Waals surface area (Å²) in [4.78, 5) is 16.9. The molecule has 1 aromatic carbocycles. The van der Waals surface area contributed by atoms with E-state index in [4.69, 9.17) is 5.11 Å². The molecule has 0 spiro atoms. The van der Waals surface area contributed by atoms with Crippen molar-refractivity contribution in [3.8, 4) is 0 Å². The van der Waals surface area contributed by atoms with Crippen molar-refractivity contribution in [2.75, 3.05) is 13.2 Å². The molecule has 2 aromatic rings. The zero-order valence-corrected chi connectivity index (χ0v) is 11.3. The van der Waals surface area contributed by atoms with Crippen LogP contribution in [-0.2, 0) is 6.54 Å². The first-order valence-electron chi connectivity index (χ1n) is 6.40. The average molecular weight is 276 g/mol. The Morgan fingerprint density at radius 1 is 1.30 bits per heavy atom. The molecule has 106 valence electrons. The van der Waals surface area contributed by atoms with E-state index in [0.717, 1.165) is 11.3 Å². The number of halogens is 1. The van der Waals surface area contributed by atoms with Crippen LogP contribution in [0.25, 0.3) is 0 Å². The molecular weight excluding hydrogens is 259 g/mol. The molecule has 0 radical (unpaired) electrons. The average Bonchev–Trinajstić information content (AvgIpc) is 2.86. The lowest BCUT2D eigenvalue weighted by molar-refractivity contribution is 0.0707. The van der Waals surface area contributed by atoms with Crippen LogP contribution >= 0.6 is 0 Å². The van der Waals surface area contributed by atoms with Gasteiger partial charge < -0.3 is 15.0 Å². The number of aryl methyl sites for hydroxylation is 1. The zero-order valence-electron chi connectivity index (χ0n) is 11.3. The van der Waals surface area contributed by atoms with Crippen LogP contribution in [0, 0.1) is 12.7 Å². The lowest BCUT2D eigenvalue weighted by Gasteiger charge is -2.22. The van der Waals surface area contributed by atoms with Gasteiger partial charge in [-0.3, -0.25) is 4.79 Å². The number of nitrogens with one attached hydrogen (secondary N) is 1. The van der Waals surface area contributed by atoms with Gasteiger partial charge in [0.05, 0.1) is 12.2 Å². The van der Waals surface area contributed by atoms with Crippen molar-refractivity contribution >= 4 is 5.91 Å². The van der Waals surface area contributed by atoms with Gasteiger partial charge >= 0.3 is 0 Å². The molecule has 1 aromatic heterocycles. The first kappa shape index (κ1) is 14.3. The Hall–Kier alpha value is -2.14. The summed E-state index contributed by atoms with van der Waals surface area (Å²) in [5, 5.41) is 9.11. The summed E-state index contributed by atoms with van der Waals surface area (Å²) >= 11 is 0. The molecule has 2 rings (SSSR count). The molecule has 0 fully saturated rings. The molecule has 0 aliphatic rings. The van der Waals surface area contributed by atoms with Crippen molar-refractivity contribution in [2.24, 2.45) is 0 Å². The number of aromatic nitrogens is 1. The highest BCUT2D eigenvalue weighted by Crippen LogP contribution is 2.13. The number of nitrogens with zero attached hydrogens (tertiary/aromatic N) is 1. The smallest absolute Gasteiger partial charge is 0.256 e. The standard InChI is InChI=1S/C15H17FN2O2/c1-11-14(6-7-17-11)15(20)18(8-9-19)10-12-2-4-13(16)5-3-12/h2-7,17,19H,8-10H2,1H3. The maximum absolute atomic E-state index is 12.9. The monoisotopic (exact) mass is 276 g/mol. The van der Waals surface area contributed by atoms with E-state index in [9.17, 15) is 9.18 Å². The number of rotatable bonds is 5. The maximum Gasteiger partial charge on any atom is 0.256 e. The summed E-state index contributed by atoms with van der Waals surface area (Å²) in [6.45, 7) is 2.28. The third-order valence-corrected chi connectivity index (χ3v) is 3.13. The number of H-pyrrole nitrogens is 1. The molecule has 0 atom stereocenters. The normalized spacial score (nSPS) is 10.6. The highest BCUT2D eigenvalue weighted by molar-refractivity contribution is 5.95. The first-order chi connectivity index (χ1) is 9.61. The fourth-order valence-corrected chi connectivity index (χ4v) is 2.04. The van der Waals surface area contributed by atoms with Gasteiger partial charge in [-0.15, -0.1) is 0 Å². The summed E-state index contributed by atoms with van der Waals surface area (Å²) in [7, 11) is 0. The predicted molar refractivity (Wildman–Crippen MR) is 73.8 cm³/mol. The summed E-state index contributed by atoms with van der Waals surface area (Å²) in [6, 6.07) is 7.71. The van der Waals surface area contributed by atoms with Gasteiger partial charge in [-0.05, 0) is 30.7 Å². The Bertz CT molecular complexity index is 578. The van der Waals surface area contributed by atoms with Crippen molar-refractivity contribution in [1.29, 1.82) is 0 Å². The lowest BCUT2D eigenvalue weighted by atomic mass is 10.1. The van der Waals surface area contributed by atoms with Gasteiger partial charge in [0.2, 0.25) is 0 Å². The van der Waals surface area contributed by atoms with Crippen LogP contribution in [0.15, 0.2) is 36.5 Å². The Morgan fingerprint density at radius 3 is 2.55 bits per heavy atom. The van der Waals surface area contributed by atoms with Crippen LogP contribution in [0.1, 0.15) is 21.6 Å². The number of aliphatic hydroxyl groups is 1. The largest absolute Gasteiger partial charge is 0.395 e. The molecule has 0 saturated carbocycles. The van der Waals surface area contributed by atoms with E-state index in [0.29, 0.717) is 12.1 Å². The Kier molecular flexibility index (Phi) is 4.53. The highest BCUT2D eigenvalue weighted by Gasteiger charge is 2.18. The number of amides is 1. The zero-order chi connectivity index (χ0) is 14.5. The molecule has 20 heavy (non-hydrogen) atoms. The maximum atomic E-state index is 12.9. The molecule has 0 saturated heterocycles. The van der Waals surface area contributed by atoms with Crippen molar-refractivity contribution in [2.45, 2.75) is 13.5 Å². The number of benzene rings is 1. The SMILES string of the molecule is Cc1[nH]ccc1C(=O)N(CCO)Cc1ccc(F)cc1. The molecule has 5 heteroatoms. The van der Waals surface area contributed by atoms with Crippen molar-refractivity contribution in [1.82, 2.24) is 9.88 Å². The van der Waals surface area contributed by atoms with Gasteiger partial charge in [0, 0.05) is 25.0 Å². The minimum absolute atomic E-state index is 0.115. The molecule has 0 unspecified atom stereocenters. The molecular formula is C15H17FN2O2. The van der Waals surface area contributed by atoms with Gasteiger partial charge in [0.1, 0.15) is 5.82 Å². The summed E-state index contributed by atoms with van der Waals surface area (Å²) in [6.07, 6.45) is 1.71. The van der Waals surface area contributed by atoms with E-state index in [1.165, 1.54) is 12.1 Å². The Balaban J connectivity index is 2.16. The van der Waals surface area contributed by atoms with Gasteiger partial charge in [-0.1, -0.05) is 12.1 Å². The molecule has 2 N–H and O–H groups in total. The van der Waals surface area contributed by atoms with Crippen LogP contribution in [0.4, 0.5) is 4.39 Å². The molecule has 0 bridgehead atoms. The van der Waals surface area contributed by atoms with Crippen molar-refractivity contribution < 1.29 is 14.3 Å². The molecule has 1 heterocycles. The predicted octanol–water partition coefficient (Wildman–Crippen LogP) is 2.10. The second-order valence-corrected chi connectivity index (χ2v) is 4.59. The minimum Gasteiger partial charge on any atom is -0.395 e. The quantitative estimate of drug-likeness (QED) is 0.878.